The molecule has 1 aliphatic rings. The Balaban J connectivity index is 1.49. The molecule has 28 heavy (non-hydrogen) atoms. The molecule has 1 aliphatic carbocycles. The van der Waals surface area contributed by atoms with Gasteiger partial charge in [0, 0.05) is 24.7 Å². The number of aryl methyl sites for hydroxylation is 1. The predicted molar refractivity (Wildman–Crippen MR) is 109 cm³/mol. The van der Waals surface area contributed by atoms with Gasteiger partial charge >= 0.3 is 6.03 Å². The van der Waals surface area contributed by atoms with Crippen LogP contribution in [0.25, 0.3) is 0 Å². The second-order valence-corrected chi connectivity index (χ2v) is 7.15. The van der Waals surface area contributed by atoms with Crippen molar-refractivity contribution in [2.45, 2.75) is 57.9 Å². The molecule has 0 unspecified atom stereocenters. The van der Waals surface area contributed by atoms with E-state index in [1.165, 1.54) is 6.42 Å². The SMILES string of the molecule is Cc1ccc(NCC(=O)NNC(=O)CCCNC(=O)NC2CCCCC2)cc1. The minimum atomic E-state index is -0.334. The van der Waals surface area contributed by atoms with Gasteiger partial charge in [0.2, 0.25) is 5.91 Å². The molecule has 154 valence electrons. The van der Waals surface area contributed by atoms with Crippen LogP contribution in [-0.4, -0.2) is 37.0 Å². The molecule has 0 aliphatic heterocycles. The van der Waals surface area contributed by atoms with Gasteiger partial charge in [-0.15, -0.1) is 0 Å². The van der Waals surface area contributed by atoms with E-state index >= 15 is 0 Å². The molecular formula is C20H31N5O3. The highest BCUT2D eigenvalue weighted by atomic mass is 16.2. The first kappa shape index (κ1) is 21.5. The minimum absolute atomic E-state index is 0.0617. The van der Waals surface area contributed by atoms with Crippen molar-refractivity contribution >= 4 is 23.5 Å². The Morgan fingerprint density at radius 2 is 1.64 bits per heavy atom. The maximum Gasteiger partial charge on any atom is 0.315 e. The summed E-state index contributed by atoms with van der Waals surface area (Å²) in [4.78, 5) is 35.3. The van der Waals surface area contributed by atoms with Gasteiger partial charge in [-0.2, -0.15) is 0 Å². The maximum absolute atomic E-state index is 11.8. The van der Waals surface area contributed by atoms with Gasteiger partial charge in [-0.05, 0) is 38.3 Å². The maximum atomic E-state index is 11.8. The topological polar surface area (TPSA) is 111 Å². The second kappa shape index (κ2) is 11.8. The van der Waals surface area contributed by atoms with E-state index in [-0.39, 0.29) is 36.9 Å². The van der Waals surface area contributed by atoms with Crippen molar-refractivity contribution in [1.29, 1.82) is 0 Å². The van der Waals surface area contributed by atoms with Gasteiger partial charge in [0.05, 0.1) is 6.54 Å². The summed E-state index contributed by atoms with van der Waals surface area (Å²) < 4.78 is 0. The van der Waals surface area contributed by atoms with Gasteiger partial charge in [-0.25, -0.2) is 4.79 Å². The first-order chi connectivity index (χ1) is 13.5. The molecule has 5 N–H and O–H groups in total. The molecule has 1 aromatic carbocycles. The fraction of sp³-hybridized carbons (Fsp3) is 0.550. The molecule has 0 spiro atoms. The molecule has 0 bridgehead atoms. The average Bonchev–Trinajstić information content (AvgIpc) is 2.70. The fourth-order valence-corrected chi connectivity index (χ4v) is 3.03. The molecule has 1 saturated carbocycles. The molecule has 2 rings (SSSR count). The van der Waals surface area contributed by atoms with E-state index in [9.17, 15) is 14.4 Å². The van der Waals surface area contributed by atoms with E-state index in [1.807, 2.05) is 31.2 Å². The Labute approximate surface area is 166 Å². The van der Waals surface area contributed by atoms with Crippen LogP contribution >= 0.6 is 0 Å². The minimum Gasteiger partial charge on any atom is -0.376 e. The standard InChI is InChI=1S/C20H31N5O3/c1-15-9-11-16(12-10-15)22-14-19(27)25-24-18(26)8-5-13-21-20(28)23-17-6-3-2-4-7-17/h9-12,17,22H,2-8,13-14H2,1H3,(H,24,26)(H,25,27)(H2,21,23,28). The fourth-order valence-electron chi connectivity index (χ4n) is 3.03. The predicted octanol–water partition coefficient (Wildman–Crippen LogP) is 1.97. The second-order valence-electron chi connectivity index (χ2n) is 7.15. The highest BCUT2D eigenvalue weighted by Crippen LogP contribution is 2.17. The first-order valence-electron chi connectivity index (χ1n) is 9.95. The zero-order valence-electron chi connectivity index (χ0n) is 16.5. The lowest BCUT2D eigenvalue weighted by Gasteiger charge is -2.22. The molecular weight excluding hydrogens is 358 g/mol. The third kappa shape index (κ3) is 8.75. The Morgan fingerprint density at radius 3 is 2.36 bits per heavy atom. The number of amides is 4. The number of anilines is 1. The van der Waals surface area contributed by atoms with Crippen LogP contribution in [-0.2, 0) is 9.59 Å². The Morgan fingerprint density at radius 1 is 0.964 bits per heavy atom. The Kier molecular flexibility index (Phi) is 9.10. The van der Waals surface area contributed by atoms with Gasteiger partial charge in [-0.1, -0.05) is 37.0 Å². The van der Waals surface area contributed by atoms with Crippen LogP contribution < -0.4 is 26.8 Å². The lowest BCUT2D eigenvalue weighted by atomic mass is 9.96. The summed E-state index contributed by atoms with van der Waals surface area (Å²) in [5.74, 6) is -0.628. The van der Waals surface area contributed by atoms with Gasteiger partial charge in [-0.3, -0.25) is 20.4 Å². The number of hydrogen-bond donors (Lipinski definition) is 5. The van der Waals surface area contributed by atoms with Gasteiger partial charge in [0.25, 0.3) is 5.91 Å². The number of carbonyl (C=O) groups is 3. The molecule has 8 heteroatoms. The van der Waals surface area contributed by atoms with Gasteiger partial charge in [0.1, 0.15) is 0 Å². The highest BCUT2D eigenvalue weighted by molar-refractivity contribution is 5.84. The number of hydrazine groups is 1. The first-order valence-corrected chi connectivity index (χ1v) is 9.95. The van der Waals surface area contributed by atoms with Crippen LogP contribution in [0.5, 0.6) is 0 Å². The van der Waals surface area contributed by atoms with Crippen molar-refractivity contribution in [2.24, 2.45) is 0 Å². The number of nitrogens with one attached hydrogen (secondary N) is 5. The monoisotopic (exact) mass is 389 g/mol. The van der Waals surface area contributed by atoms with E-state index < -0.39 is 0 Å². The van der Waals surface area contributed by atoms with Crippen LogP contribution in [0.3, 0.4) is 0 Å². The normalized spacial score (nSPS) is 14.0. The zero-order chi connectivity index (χ0) is 20.2. The average molecular weight is 390 g/mol. The highest BCUT2D eigenvalue weighted by Gasteiger charge is 2.15. The summed E-state index contributed by atoms with van der Waals surface area (Å²) in [5, 5.41) is 8.70. The number of hydrogen-bond acceptors (Lipinski definition) is 4. The van der Waals surface area contributed by atoms with E-state index in [4.69, 9.17) is 0 Å². The van der Waals surface area contributed by atoms with E-state index in [0.717, 1.165) is 36.9 Å². The van der Waals surface area contributed by atoms with E-state index in [0.29, 0.717) is 13.0 Å². The molecule has 1 fully saturated rings. The molecule has 0 atom stereocenters. The quantitative estimate of drug-likeness (QED) is 0.346. The number of benzene rings is 1. The van der Waals surface area contributed by atoms with E-state index in [2.05, 4.69) is 26.8 Å². The molecule has 0 heterocycles. The van der Waals surface area contributed by atoms with Crippen molar-refractivity contribution in [3.05, 3.63) is 29.8 Å². The molecule has 0 saturated heterocycles. The summed E-state index contributed by atoms with van der Waals surface area (Å²) in [6, 6.07) is 7.76. The van der Waals surface area contributed by atoms with Crippen molar-refractivity contribution in [1.82, 2.24) is 21.5 Å². The van der Waals surface area contributed by atoms with Crippen molar-refractivity contribution < 1.29 is 14.4 Å². The van der Waals surface area contributed by atoms with Crippen LogP contribution in [0, 0.1) is 6.92 Å². The Bertz CT molecular complexity index is 642. The number of rotatable bonds is 8. The molecule has 0 radical (unpaired) electrons. The van der Waals surface area contributed by atoms with Crippen molar-refractivity contribution in [2.75, 3.05) is 18.4 Å². The summed E-state index contributed by atoms with van der Waals surface area (Å²) in [7, 11) is 0. The molecule has 8 nitrogen and oxygen atoms in total. The van der Waals surface area contributed by atoms with Gasteiger partial charge in [0.15, 0.2) is 0 Å². The molecule has 1 aromatic rings. The smallest absolute Gasteiger partial charge is 0.315 e. The van der Waals surface area contributed by atoms with Crippen LogP contribution in [0.4, 0.5) is 10.5 Å². The summed E-state index contributed by atoms with van der Waals surface area (Å²) in [6.45, 7) is 2.46. The van der Waals surface area contributed by atoms with Crippen molar-refractivity contribution in [3.8, 4) is 0 Å². The van der Waals surface area contributed by atoms with Crippen LogP contribution in [0.2, 0.25) is 0 Å². The third-order valence-electron chi connectivity index (χ3n) is 4.65. The lowest BCUT2D eigenvalue weighted by molar-refractivity contribution is -0.128. The van der Waals surface area contributed by atoms with Crippen LogP contribution in [0.15, 0.2) is 24.3 Å². The third-order valence-corrected chi connectivity index (χ3v) is 4.65. The van der Waals surface area contributed by atoms with E-state index in [1.54, 1.807) is 0 Å². The molecule has 0 aromatic heterocycles. The summed E-state index contributed by atoms with van der Waals surface area (Å²) in [6.07, 6.45) is 6.36. The van der Waals surface area contributed by atoms with Gasteiger partial charge < -0.3 is 16.0 Å². The Hall–Kier alpha value is -2.77. The lowest BCUT2D eigenvalue weighted by Crippen LogP contribution is -2.45. The summed E-state index contributed by atoms with van der Waals surface area (Å²) in [5.41, 5.74) is 6.72. The van der Waals surface area contributed by atoms with Crippen LogP contribution in [0.1, 0.15) is 50.5 Å². The number of urea groups is 1. The summed E-state index contributed by atoms with van der Waals surface area (Å²) >= 11 is 0. The molecule has 4 amide bonds. The van der Waals surface area contributed by atoms with Crippen molar-refractivity contribution in [3.63, 3.8) is 0 Å². The largest absolute Gasteiger partial charge is 0.376 e. The number of carbonyl (C=O) groups excluding carboxylic acids is 3. The zero-order valence-corrected chi connectivity index (χ0v) is 16.5.